The summed E-state index contributed by atoms with van der Waals surface area (Å²) in [5, 5.41) is 5.31. The van der Waals surface area contributed by atoms with Crippen molar-refractivity contribution in [3.05, 3.63) is 65.0 Å². The van der Waals surface area contributed by atoms with Gasteiger partial charge in [0.25, 0.3) is 5.91 Å². The van der Waals surface area contributed by atoms with E-state index in [9.17, 15) is 14.0 Å². The molecule has 0 aromatic heterocycles. The Morgan fingerprint density at radius 1 is 1.13 bits per heavy atom. The summed E-state index contributed by atoms with van der Waals surface area (Å²) in [6.07, 6.45) is 0.799. The van der Waals surface area contributed by atoms with Crippen molar-refractivity contribution < 1.29 is 14.0 Å². The highest BCUT2D eigenvalue weighted by atomic mass is 19.1. The average Bonchev–Trinajstić information content (AvgIpc) is 2.54. The third-order valence-electron chi connectivity index (χ3n) is 3.50. The first-order valence-corrected chi connectivity index (χ1v) is 7.43. The molecule has 0 spiro atoms. The lowest BCUT2D eigenvalue weighted by Crippen LogP contribution is -2.33. The monoisotopic (exact) mass is 314 g/mol. The standard InChI is InChI=1S/C18H19FN2O2/c1-3-13-7-4-6-12(2)17(13)21-16(22)11-20-18(23)14-8-5-9-15(19)10-14/h4-10H,3,11H2,1-2H3,(H,20,23)(H,21,22). The third kappa shape index (κ3) is 4.39. The van der Waals surface area contributed by atoms with Gasteiger partial charge in [-0.2, -0.15) is 0 Å². The molecule has 0 saturated carbocycles. The van der Waals surface area contributed by atoms with Crippen molar-refractivity contribution in [1.82, 2.24) is 5.32 Å². The van der Waals surface area contributed by atoms with Gasteiger partial charge < -0.3 is 10.6 Å². The molecule has 0 aliphatic rings. The summed E-state index contributed by atoms with van der Waals surface area (Å²) in [5.74, 6) is -1.30. The molecule has 2 aromatic carbocycles. The van der Waals surface area contributed by atoms with Crippen LogP contribution in [0.1, 0.15) is 28.4 Å². The first-order valence-electron chi connectivity index (χ1n) is 7.43. The number of nitrogens with one attached hydrogen (secondary N) is 2. The molecule has 0 saturated heterocycles. The molecular weight excluding hydrogens is 295 g/mol. The molecule has 0 heterocycles. The number of benzene rings is 2. The van der Waals surface area contributed by atoms with Crippen LogP contribution < -0.4 is 10.6 Å². The van der Waals surface area contributed by atoms with E-state index in [-0.39, 0.29) is 18.0 Å². The molecule has 0 unspecified atom stereocenters. The van der Waals surface area contributed by atoms with Crippen LogP contribution in [0.15, 0.2) is 42.5 Å². The number of hydrogen-bond acceptors (Lipinski definition) is 2. The maximum atomic E-state index is 13.1. The van der Waals surface area contributed by atoms with Gasteiger partial charge in [-0.1, -0.05) is 31.2 Å². The summed E-state index contributed by atoms with van der Waals surface area (Å²) in [4.78, 5) is 23.9. The Labute approximate surface area is 134 Å². The van der Waals surface area contributed by atoms with Crippen molar-refractivity contribution in [2.45, 2.75) is 20.3 Å². The normalized spacial score (nSPS) is 10.2. The number of aryl methyl sites for hydroxylation is 2. The zero-order chi connectivity index (χ0) is 16.8. The minimum atomic E-state index is -0.491. The van der Waals surface area contributed by atoms with Crippen molar-refractivity contribution in [3.63, 3.8) is 0 Å². The summed E-state index contributed by atoms with van der Waals surface area (Å²) in [6, 6.07) is 11.1. The lowest BCUT2D eigenvalue weighted by atomic mass is 10.1. The second kappa shape index (κ2) is 7.54. The maximum absolute atomic E-state index is 13.1. The van der Waals surface area contributed by atoms with Gasteiger partial charge in [0.1, 0.15) is 5.82 Å². The van der Waals surface area contributed by atoms with Gasteiger partial charge in [-0.25, -0.2) is 4.39 Å². The molecule has 0 aliphatic heterocycles. The van der Waals surface area contributed by atoms with Gasteiger partial charge in [0.05, 0.1) is 6.54 Å². The number of rotatable bonds is 5. The summed E-state index contributed by atoms with van der Waals surface area (Å²) in [7, 11) is 0. The number of amides is 2. The molecule has 23 heavy (non-hydrogen) atoms. The van der Waals surface area contributed by atoms with Crippen LogP contribution in [-0.2, 0) is 11.2 Å². The van der Waals surface area contributed by atoms with E-state index >= 15 is 0 Å². The zero-order valence-corrected chi connectivity index (χ0v) is 13.2. The summed E-state index contributed by atoms with van der Waals surface area (Å²) in [6.45, 7) is 3.75. The minimum absolute atomic E-state index is 0.174. The van der Waals surface area contributed by atoms with Gasteiger partial charge in [-0.15, -0.1) is 0 Å². The molecule has 2 rings (SSSR count). The third-order valence-corrected chi connectivity index (χ3v) is 3.50. The molecule has 5 heteroatoms. The lowest BCUT2D eigenvalue weighted by molar-refractivity contribution is -0.115. The summed E-state index contributed by atoms with van der Waals surface area (Å²) >= 11 is 0. The molecular formula is C18H19FN2O2. The van der Waals surface area contributed by atoms with Crippen LogP contribution in [0.2, 0.25) is 0 Å². The molecule has 120 valence electrons. The van der Waals surface area contributed by atoms with Crippen LogP contribution in [-0.4, -0.2) is 18.4 Å². The van der Waals surface area contributed by atoms with E-state index in [1.807, 2.05) is 32.0 Å². The highest BCUT2D eigenvalue weighted by Gasteiger charge is 2.11. The topological polar surface area (TPSA) is 58.2 Å². The summed E-state index contributed by atoms with van der Waals surface area (Å²) in [5.41, 5.74) is 2.96. The van der Waals surface area contributed by atoms with E-state index < -0.39 is 11.7 Å². The molecule has 0 atom stereocenters. The van der Waals surface area contributed by atoms with E-state index in [0.717, 1.165) is 29.3 Å². The Balaban J connectivity index is 1.97. The van der Waals surface area contributed by atoms with Gasteiger partial charge in [-0.3, -0.25) is 9.59 Å². The van der Waals surface area contributed by atoms with Crippen LogP contribution in [0.3, 0.4) is 0 Å². The van der Waals surface area contributed by atoms with E-state index in [1.54, 1.807) is 0 Å². The number of para-hydroxylation sites is 1. The molecule has 0 aliphatic carbocycles. The molecule has 2 aromatic rings. The Morgan fingerprint density at radius 2 is 1.87 bits per heavy atom. The molecule has 0 bridgehead atoms. The van der Waals surface area contributed by atoms with Crippen LogP contribution >= 0.6 is 0 Å². The lowest BCUT2D eigenvalue weighted by Gasteiger charge is -2.13. The molecule has 4 nitrogen and oxygen atoms in total. The fourth-order valence-electron chi connectivity index (χ4n) is 2.28. The number of carbonyl (C=O) groups excluding carboxylic acids is 2. The van der Waals surface area contributed by atoms with Crippen LogP contribution in [0, 0.1) is 12.7 Å². The molecule has 2 N–H and O–H groups in total. The predicted molar refractivity (Wildman–Crippen MR) is 87.9 cm³/mol. The Hall–Kier alpha value is -2.69. The number of carbonyl (C=O) groups is 2. The van der Waals surface area contributed by atoms with Gasteiger partial charge in [0.15, 0.2) is 0 Å². The van der Waals surface area contributed by atoms with Crippen molar-refractivity contribution >= 4 is 17.5 Å². The first kappa shape index (κ1) is 16.7. The number of hydrogen-bond donors (Lipinski definition) is 2. The van der Waals surface area contributed by atoms with Gasteiger partial charge in [0.2, 0.25) is 5.91 Å². The quantitative estimate of drug-likeness (QED) is 0.891. The smallest absolute Gasteiger partial charge is 0.251 e. The van der Waals surface area contributed by atoms with Crippen molar-refractivity contribution in [2.75, 3.05) is 11.9 Å². The van der Waals surface area contributed by atoms with Crippen molar-refractivity contribution in [2.24, 2.45) is 0 Å². The Bertz CT molecular complexity index is 729. The Morgan fingerprint density at radius 3 is 2.57 bits per heavy atom. The molecule has 0 fully saturated rings. The van der Waals surface area contributed by atoms with Crippen LogP contribution in [0.4, 0.5) is 10.1 Å². The van der Waals surface area contributed by atoms with E-state index in [1.165, 1.54) is 18.2 Å². The van der Waals surface area contributed by atoms with Crippen molar-refractivity contribution in [1.29, 1.82) is 0 Å². The first-order chi connectivity index (χ1) is 11.0. The van der Waals surface area contributed by atoms with Crippen LogP contribution in [0.25, 0.3) is 0 Å². The SMILES string of the molecule is CCc1cccc(C)c1NC(=O)CNC(=O)c1cccc(F)c1. The van der Waals surface area contributed by atoms with Crippen molar-refractivity contribution in [3.8, 4) is 0 Å². The average molecular weight is 314 g/mol. The van der Waals surface area contributed by atoms with Gasteiger partial charge in [-0.05, 0) is 42.7 Å². The highest BCUT2D eigenvalue weighted by molar-refractivity contribution is 5.99. The van der Waals surface area contributed by atoms with Crippen LogP contribution in [0.5, 0.6) is 0 Å². The maximum Gasteiger partial charge on any atom is 0.251 e. The van der Waals surface area contributed by atoms with Gasteiger partial charge >= 0.3 is 0 Å². The second-order valence-electron chi connectivity index (χ2n) is 5.20. The minimum Gasteiger partial charge on any atom is -0.343 e. The zero-order valence-electron chi connectivity index (χ0n) is 13.2. The van der Waals surface area contributed by atoms with E-state index in [4.69, 9.17) is 0 Å². The highest BCUT2D eigenvalue weighted by Crippen LogP contribution is 2.20. The predicted octanol–water partition coefficient (Wildman–Crippen LogP) is 3.07. The van der Waals surface area contributed by atoms with E-state index in [0.29, 0.717) is 0 Å². The van der Waals surface area contributed by atoms with E-state index in [2.05, 4.69) is 10.6 Å². The number of halogens is 1. The fourth-order valence-corrected chi connectivity index (χ4v) is 2.28. The summed E-state index contributed by atoms with van der Waals surface area (Å²) < 4.78 is 13.1. The molecule has 0 radical (unpaired) electrons. The largest absolute Gasteiger partial charge is 0.343 e. The second-order valence-corrected chi connectivity index (χ2v) is 5.20. The molecule has 2 amide bonds. The fraction of sp³-hybridized carbons (Fsp3) is 0.222. The number of anilines is 1. The Kier molecular flexibility index (Phi) is 5.46. The van der Waals surface area contributed by atoms with Gasteiger partial charge in [0, 0.05) is 11.3 Å².